The van der Waals surface area contributed by atoms with E-state index in [1.54, 1.807) is 12.1 Å². The smallest absolute Gasteiger partial charge is 0.149 e. The maximum absolute atomic E-state index is 12.6. The molecule has 1 N–H and O–H groups in total. The SMILES string of the molecule is [2H]C([2H])([2H])c1ccc(-n2c(-c3cc(C(C)(C)C)cc(C(C)(C)C)c3O)nc3c(-c4cc(-c5ccccc5)cc(-c5cc(-c6ccc(C)cc6)ccn5)c4)cccc32)c(-c2ccc(C(C)(C)C)cc2)c1. The van der Waals surface area contributed by atoms with Gasteiger partial charge in [-0.1, -0.05) is 177 Å². The third kappa shape index (κ3) is 8.61. The van der Waals surface area contributed by atoms with Gasteiger partial charge in [0, 0.05) is 32.6 Å². The Labute approximate surface area is 395 Å². The average Bonchev–Trinajstić information content (AvgIpc) is 3.70. The van der Waals surface area contributed by atoms with Crippen LogP contribution in [0.3, 0.4) is 0 Å². The van der Waals surface area contributed by atoms with E-state index in [4.69, 9.17) is 14.1 Å². The standard InChI is InChI=1S/C62H61N3O/c1-39-20-23-42(24-21-39)44-30-31-63-54(36-44)47-34-45(41-16-13-12-14-17-41)33-46(35-47)50-18-15-19-56-57(50)64-59(52-37-49(61(6,7)8)38-53(58(52)66)62(9,10)11)65(56)55-29-22-40(2)32-51(55)43-25-27-48(28-26-43)60(3,4)5/h12-38,66H,1-11H3/i2D3. The quantitative estimate of drug-likeness (QED) is 0.174. The number of phenolic OH excluding ortho intramolecular Hbond substituents is 1. The van der Waals surface area contributed by atoms with E-state index in [2.05, 4.69) is 207 Å². The van der Waals surface area contributed by atoms with E-state index < -0.39 is 12.3 Å². The number of rotatable bonds is 7. The topological polar surface area (TPSA) is 50.9 Å². The number of phenols is 1. The van der Waals surface area contributed by atoms with Gasteiger partial charge in [0.05, 0.1) is 28.0 Å². The Balaban J connectivity index is 1.36. The molecule has 0 bridgehead atoms. The van der Waals surface area contributed by atoms with Crippen molar-refractivity contribution in [2.75, 3.05) is 0 Å². The van der Waals surface area contributed by atoms with Gasteiger partial charge in [-0.25, -0.2) is 4.98 Å². The summed E-state index contributed by atoms with van der Waals surface area (Å²) in [6.07, 6.45) is 1.88. The molecule has 7 aromatic carbocycles. The summed E-state index contributed by atoms with van der Waals surface area (Å²) in [5.41, 5.74) is 16.2. The Hall–Kier alpha value is -7.04. The summed E-state index contributed by atoms with van der Waals surface area (Å²) in [4.78, 5) is 10.6. The molecule has 0 saturated carbocycles. The van der Waals surface area contributed by atoms with E-state index in [1.165, 1.54) is 11.1 Å². The number of aromatic nitrogens is 3. The highest BCUT2D eigenvalue weighted by atomic mass is 16.3. The zero-order valence-electron chi connectivity index (χ0n) is 42.9. The summed E-state index contributed by atoms with van der Waals surface area (Å²) in [7, 11) is 0. The fourth-order valence-electron chi connectivity index (χ4n) is 8.92. The van der Waals surface area contributed by atoms with Gasteiger partial charge in [-0.15, -0.1) is 0 Å². The van der Waals surface area contributed by atoms with Crippen LogP contribution in [0.25, 0.3) is 83.9 Å². The third-order valence-electron chi connectivity index (χ3n) is 12.8. The summed E-state index contributed by atoms with van der Waals surface area (Å²) >= 11 is 0. The van der Waals surface area contributed by atoms with Gasteiger partial charge in [0.25, 0.3) is 0 Å². The number of benzene rings is 7. The van der Waals surface area contributed by atoms with Crippen LogP contribution in [0.4, 0.5) is 0 Å². The first-order chi connectivity index (χ1) is 32.5. The minimum Gasteiger partial charge on any atom is -0.507 e. The highest BCUT2D eigenvalue weighted by Gasteiger charge is 2.29. The summed E-state index contributed by atoms with van der Waals surface area (Å²) in [5.74, 6) is 0.712. The van der Waals surface area contributed by atoms with E-state index in [1.807, 2.05) is 18.3 Å². The lowest BCUT2D eigenvalue weighted by molar-refractivity contribution is 0.446. The number of nitrogens with zero attached hydrogens (tertiary/aromatic N) is 3. The van der Waals surface area contributed by atoms with Gasteiger partial charge in [-0.3, -0.25) is 9.55 Å². The van der Waals surface area contributed by atoms with Crippen molar-refractivity contribution in [2.45, 2.75) is 92.3 Å². The normalized spacial score (nSPS) is 13.1. The summed E-state index contributed by atoms with van der Waals surface area (Å²) < 4.78 is 27.7. The van der Waals surface area contributed by atoms with E-state index in [0.29, 0.717) is 11.4 Å². The number of aryl methyl sites for hydroxylation is 2. The molecule has 9 rings (SSSR count). The van der Waals surface area contributed by atoms with E-state index in [0.717, 1.165) is 83.6 Å². The lowest BCUT2D eigenvalue weighted by atomic mass is 9.79. The van der Waals surface area contributed by atoms with Crippen LogP contribution in [0.5, 0.6) is 5.75 Å². The minimum absolute atomic E-state index is 0.0793. The Morgan fingerprint density at radius 1 is 0.485 bits per heavy atom. The zero-order valence-corrected chi connectivity index (χ0v) is 39.9. The highest BCUT2D eigenvalue weighted by Crippen LogP contribution is 2.46. The molecule has 0 amide bonds. The second kappa shape index (κ2) is 16.7. The average molecular weight is 867 g/mol. The number of aromatic hydroxyl groups is 1. The van der Waals surface area contributed by atoms with Gasteiger partial charge in [0.1, 0.15) is 11.6 Å². The number of fused-ring (bicyclic) bond motifs is 1. The molecule has 0 aliphatic carbocycles. The van der Waals surface area contributed by atoms with Crippen LogP contribution in [0, 0.1) is 13.8 Å². The fourth-order valence-corrected chi connectivity index (χ4v) is 8.92. The molecule has 330 valence electrons. The Morgan fingerprint density at radius 2 is 1.14 bits per heavy atom. The molecule has 0 fully saturated rings. The van der Waals surface area contributed by atoms with Gasteiger partial charge in [0.2, 0.25) is 0 Å². The van der Waals surface area contributed by atoms with Crippen molar-refractivity contribution in [3.63, 3.8) is 0 Å². The first kappa shape index (κ1) is 40.5. The van der Waals surface area contributed by atoms with Crippen LogP contribution in [0.15, 0.2) is 164 Å². The molecule has 4 nitrogen and oxygen atoms in total. The van der Waals surface area contributed by atoms with Crippen molar-refractivity contribution in [3.05, 3.63) is 192 Å². The predicted octanol–water partition coefficient (Wildman–Crippen LogP) is 16.6. The van der Waals surface area contributed by atoms with Gasteiger partial charge >= 0.3 is 0 Å². The fraction of sp³-hybridized carbons (Fsp3) is 0.226. The molecule has 9 aromatic rings. The largest absolute Gasteiger partial charge is 0.507 e. The summed E-state index contributed by atoms with van der Waals surface area (Å²) in [6, 6.07) is 54.1. The van der Waals surface area contributed by atoms with Gasteiger partial charge < -0.3 is 5.11 Å². The first-order valence-electron chi connectivity index (χ1n) is 24.4. The molecular formula is C62H61N3O. The second-order valence-corrected chi connectivity index (χ2v) is 20.9. The molecule has 4 heteroatoms. The Morgan fingerprint density at radius 3 is 1.82 bits per heavy atom. The predicted molar refractivity (Wildman–Crippen MR) is 279 cm³/mol. The Kier molecular flexibility index (Phi) is 10.3. The van der Waals surface area contributed by atoms with Crippen LogP contribution in [-0.4, -0.2) is 19.6 Å². The molecule has 2 heterocycles. The maximum atomic E-state index is 12.6. The van der Waals surface area contributed by atoms with Crippen LogP contribution in [0.2, 0.25) is 0 Å². The number of hydrogen-bond acceptors (Lipinski definition) is 3. The molecule has 0 aliphatic rings. The molecule has 0 aliphatic heterocycles. The van der Waals surface area contributed by atoms with Crippen molar-refractivity contribution in [1.82, 2.24) is 14.5 Å². The minimum atomic E-state index is -2.34. The molecule has 0 spiro atoms. The molecular weight excluding hydrogens is 803 g/mol. The van der Waals surface area contributed by atoms with E-state index >= 15 is 0 Å². The first-order valence-corrected chi connectivity index (χ1v) is 22.9. The lowest BCUT2D eigenvalue weighted by Crippen LogP contribution is -2.17. The van der Waals surface area contributed by atoms with Crippen molar-refractivity contribution in [1.29, 1.82) is 0 Å². The van der Waals surface area contributed by atoms with Crippen molar-refractivity contribution in [3.8, 4) is 78.6 Å². The molecule has 0 atom stereocenters. The monoisotopic (exact) mass is 867 g/mol. The summed E-state index contributed by atoms with van der Waals surface area (Å²) in [6.45, 7) is 19.2. The molecule has 0 unspecified atom stereocenters. The van der Waals surface area contributed by atoms with Crippen molar-refractivity contribution >= 4 is 11.0 Å². The summed E-state index contributed by atoms with van der Waals surface area (Å²) in [5, 5.41) is 12.6. The third-order valence-corrected chi connectivity index (χ3v) is 12.8. The lowest BCUT2D eigenvalue weighted by Gasteiger charge is -2.27. The number of para-hydroxylation sites is 1. The van der Waals surface area contributed by atoms with Gasteiger partial charge in [0.15, 0.2) is 0 Å². The molecule has 0 saturated heterocycles. The molecule has 66 heavy (non-hydrogen) atoms. The van der Waals surface area contributed by atoms with E-state index in [9.17, 15) is 5.11 Å². The molecule has 0 radical (unpaired) electrons. The molecule has 2 aromatic heterocycles. The maximum Gasteiger partial charge on any atom is 0.149 e. The van der Waals surface area contributed by atoms with Crippen LogP contribution in [-0.2, 0) is 16.2 Å². The second-order valence-electron chi connectivity index (χ2n) is 20.9. The highest BCUT2D eigenvalue weighted by molar-refractivity contribution is 5.98. The van der Waals surface area contributed by atoms with Crippen LogP contribution in [0.1, 0.15) is 94.2 Å². The van der Waals surface area contributed by atoms with E-state index in [-0.39, 0.29) is 22.1 Å². The van der Waals surface area contributed by atoms with Crippen LogP contribution >= 0.6 is 0 Å². The van der Waals surface area contributed by atoms with Gasteiger partial charge in [-0.05, 0) is 129 Å². The zero-order chi connectivity index (χ0) is 49.2. The Bertz CT molecular complexity index is 3360. The van der Waals surface area contributed by atoms with Crippen molar-refractivity contribution < 1.29 is 9.22 Å². The van der Waals surface area contributed by atoms with Crippen LogP contribution < -0.4 is 0 Å². The number of pyridine rings is 1. The number of hydrogen-bond donors (Lipinski definition) is 1. The van der Waals surface area contributed by atoms with Gasteiger partial charge in [-0.2, -0.15) is 0 Å². The number of imidazole rings is 1. The van der Waals surface area contributed by atoms with Crippen molar-refractivity contribution in [2.24, 2.45) is 0 Å².